The van der Waals surface area contributed by atoms with Crippen molar-refractivity contribution in [2.45, 2.75) is 0 Å². The molecule has 0 bridgehead atoms. The monoisotopic (exact) mass is 182 g/mol. The van der Waals surface area contributed by atoms with E-state index in [-0.39, 0.29) is 0 Å². The minimum absolute atomic E-state index is 0.556. The minimum atomic E-state index is -0.556. The second kappa shape index (κ2) is 56.8. The van der Waals surface area contributed by atoms with Gasteiger partial charge in [0.05, 0.1) is 0 Å². The SMILES string of the molecule is CO.CO.[Cl][Ti][Cl]. The predicted molar refractivity (Wildman–Crippen MR) is 28.0 cm³/mol. The number of aliphatic hydroxyl groups excluding tert-OH is 2. The number of halogens is 2. The van der Waals surface area contributed by atoms with Crippen LogP contribution in [0.4, 0.5) is 0 Å². The molecule has 0 aliphatic carbocycles. The second-order valence-electron chi connectivity index (χ2n) is 0.0714. The van der Waals surface area contributed by atoms with Gasteiger partial charge in [-0.1, -0.05) is 0 Å². The zero-order chi connectivity index (χ0) is 6.71. The average molecular weight is 183 g/mol. The van der Waals surface area contributed by atoms with Gasteiger partial charge in [0.1, 0.15) is 0 Å². The third-order valence-corrected chi connectivity index (χ3v) is 0. The molecule has 5 heteroatoms. The van der Waals surface area contributed by atoms with Crippen molar-refractivity contribution in [3.8, 4) is 0 Å². The zero-order valence-electron chi connectivity index (χ0n) is 4.15. The quantitative estimate of drug-likeness (QED) is 0.539. The van der Waals surface area contributed by atoms with Crippen molar-refractivity contribution in [1.82, 2.24) is 0 Å². The van der Waals surface area contributed by atoms with E-state index in [1.807, 2.05) is 0 Å². The Labute approximate surface area is 60.1 Å². The molecule has 0 saturated heterocycles. The average Bonchev–Trinajstić information content (AvgIpc) is 1.78. The normalized spacial score (nSPS) is 3.71. The van der Waals surface area contributed by atoms with E-state index in [0.717, 1.165) is 14.2 Å². The molecule has 46 valence electrons. The summed E-state index contributed by atoms with van der Waals surface area (Å²) in [7, 11) is 11.8. The summed E-state index contributed by atoms with van der Waals surface area (Å²) in [6.07, 6.45) is 0. The van der Waals surface area contributed by atoms with Gasteiger partial charge in [0.25, 0.3) is 0 Å². The first-order valence-corrected chi connectivity index (χ1v) is 5.57. The van der Waals surface area contributed by atoms with Gasteiger partial charge in [-0.05, 0) is 0 Å². The Morgan fingerprint density at radius 3 is 1.00 bits per heavy atom. The molecule has 0 aromatic carbocycles. The van der Waals surface area contributed by atoms with Crippen molar-refractivity contribution >= 4 is 18.6 Å². The molecule has 0 aliphatic rings. The first kappa shape index (κ1) is 15.7. The van der Waals surface area contributed by atoms with Crippen molar-refractivity contribution in [1.29, 1.82) is 0 Å². The molecular formula is C2H8Cl2O2Ti. The molecule has 0 aliphatic heterocycles. The summed E-state index contributed by atoms with van der Waals surface area (Å²) in [5, 5.41) is 14.0. The Bertz CT molecular complexity index is 13.7. The summed E-state index contributed by atoms with van der Waals surface area (Å²) in [6, 6.07) is 0. The van der Waals surface area contributed by atoms with Gasteiger partial charge in [-0.15, -0.1) is 0 Å². The van der Waals surface area contributed by atoms with Gasteiger partial charge >= 0.3 is 35.6 Å². The molecule has 0 rings (SSSR count). The van der Waals surface area contributed by atoms with Gasteiger partial charge in [-0.2, -0.15) is 0 Å². The van der Waals surface area contributed by atoms with E-state index < -0.39 is 17.0 Å². The van der Waals surface area contributed by atoms with Gasteiger partial charge in [-0.25, -0.2) is 0 Å². The van der Waals surface area contributed by atoms with Crippen LogP contribution in [0.5, 0.6) is 0 Å². The van der Waals surface area contributed by atoms with Crippen molar-refractivity contribution < 1.29 is 27.2 Å². The Morgan fingerprint density at radius 2 is 1.00 bits per heavy atom. The molecule has 0 amide bonds. The topological polar surface area (TPSA) is 40.5 Å². The van der Waals surface area contributed by atoms with E-state index in [2.05, 4.69) is 0 Å². The van der Waals surface area contributed by atoms with Gasteiger partial charge in [0.2, 0.25) is 0 Å². The van der Waals surface area contributed by atoms with Crippen molar-refractivity contribution in [3.63, 3.8) is 0 Å². The van der Waals surface area contributed by atoms with Crippen LogP contribution in [0, 0.1) is 0 Å². The zero-order valence-corrected chi connectivity index (χ0v) is 7.22. The standard InChI is InChI=1S/2CH4O.2ClH.Ti/c2*1-2;;;/h2*2H,1H3;2*1H;/q;;;;+2/p-2. The van der Waals surface area contributed by atoms with Crippen LogP contribution in [-0.2, 0) is 17.0 Å². The Hall–Kier alpha value is 1.21. The van der Waals surface area contributed by atoms with Crippen LogP contribution in [0.2, 0.25) is 0 Å². The Kier molecular flexibility index (Phi) is 128. The Balaban J connectivity index is -0.0000000360. The Morgan fingerprint density at radius 1 is 1.00 bits per heavy atom. The molecule has 0 aromatic heterocycles. The van der Waals surface area contributed by atoms with Crippen LogP contribution in [0.1, 0.15) is 0 Å². The summed E-state index contributed by atoms with van der Waals surface area (Å²) >= 11 is -0.556. The van der Waals surface area contributed by atoms with Crippen LogP contribution < -0.4 is 0 Å². The van der Waals surface area contributed by atoms with E-state index in [0.29, 0.717) is 0 Å². The summed E-state index contributed by atoms with van der Waals surface area (Å²) in [5.41, 5.74) is 0. The number of rotatable bonds is 0. The molecule has 0 atom stereocenters. The summed E-state index contributed by atoms with van der Waals surface area (Å²) in [5.74, 6) is 0. The van der Waals surface area contributed by atoms with E-state index >= 15 is 0 Å². The maximum atomic E-state index is 7.00. The number of aliphatic hydroxyl groups is 2. The van der Waals surface area contributed by atoms with E-state index in [9.17, 15) is 0 Å². The number of hydrogen-bond acceptors (Lipinski definition) is 2. The first-order chi connectivity index (χ1) is 3.41. The van der Waals surface area contributed by atoms with Crippen molar-refractivity contribution in [3.05, 3.63) is 0 Å². The molecule has 0 unspecified atom stereocenters. The molecule has 7 heavy (non-hydrogen) atoms. The van der Waals surface area contributed by atoms with Gasteiger partial charge in [0.15, 0.2) is 0 Å². The van der Waals surface area contributed by atoms with Crippen LogP contribution >= 0.6 is 18.6 Å². The fourth-order valence-electron chi connectivity index (χ4n) is 0. The van der Waals surface area contributed by atoms with E-state index in [1.54, 1.807) is 0 Å². The molecule has 0 saturated carbocycles. The molecule has 0 fully saturated rings. The molecule has 0 spiro atoms. The fourth-order valence-corrected chi connectivity index (χ4v) is 0. The van der Waals surface area contributed by atoms with Gasteiger partial charge in [-0.3, -0.25) is 0 Å². The van der Waals surface area contributed by atoms with Crippen LogP contribution in [0.25, 0.3) is 0 Å². The first-order valence-electron chi connectivity index (χ1n) is 1.27. The van der Waals surface area contributed by atoms with Crippen molar-refractivity contribution in [2.24, 2.45) is 0 Å². The van der Waals surface area contributed by atoms with E-state index in [4.69, 9.17) is 28.8 Å². The summed E-state index contributed by atoms with van der Waals surface area (Å²) < 4.78 is 0. The third kappa shape index (κ3) is 133. The van der Waals surface area contributed by atoms with Crippen LogP contribution in [-0.4, -0.2) is 24.4 Å². The van der Waals surface area contributed by atoms with Gasteiger partial charge < -0.3 is 10.2 Å². The third-order valence-electron chi connectivity index (χ3n) is 0. The predicted octanol–water partition coefficient (Wildman–Crippen LogP) is 0.593. The molecule has 0 aromatic rings. The molecular weight excluding hydrogens is 175 g/mol. The molecule has 0 radical (unpaired) electrons. The van der Waals surface area contributed by atoms with Crippen LogP contribution in [0.3, 0.4) is 0 Å². The van der Waals surface area contributed by atoms with Gasteiger partial charge in [0, 0.05) is 14.2 Å². The fraction of sp³-hybridized carbons (Fsp3) is 1.00. The van der Waals surface area contributed by atoms with Crippen molar-refractivity contribution in [2.75, 3.05) is 14.2 Å². The summed E-state index contributed by atoms with van der Waals surface area (Å²) in [4.78, 5) is 0. The summed E-state index contributed by atoms with van der Waals surface area (Å²) in [6.45, 7) is 0. The van der Waals surface area contributed by atoms with E-state index in [1.165, 1.54) is 0 Å². The maximum absolute atomic E-state index is 7.00. The van der Waals surface area contributed by atoms with Crippen LogP contribution in [0.15, 0.2) is 0 Å². The molecule has 2 nitrogen and oxygen atoms in total. The number of hydrogen-bond donors (Lipinski definition) is 2. The second-order valence-corrected chi connectivity index (χ2v) is 2.65. The molecule has 2 N–H and O–H groups in total. The molecule has 0 heterocycles.